The SMILES string of the molecule is C[C@@H]1CCc2c(sc3ncn(Cc4nc(-c5ccc(Cl)cc5)no4)c(=O)c23)C1. The maximum Gasteiger partial charge on any atom is 0.262 e. The highest BCUT2D eigenvalue weighted by molar-refractivity contribution is 7.18. The number of hydrogen-bond acceptors (Lipinski definition) is 6. The summed E-state index contributed by atoms with van der Waals surface area (Å²) in [6, 6.07) is 7.20. The molecule has 28 heavy (non-hydrogen) atoms. The number of thiophene rings is 1. The molecule has 5 rings (SSSR count). The van der Waals surface area contributed by atoms with Crippen molar-refractivity contribution >= 4 is 33.2 Å². The van der Waals surface area contributed by atoms with Crippen molar-refractivity contribution in [2.45, 2.75) is 32.7 Å². The molecule has 0 radical (unpaired) electrons. The summed E-state index contributed by atoms with van der Waals surface area (Å²) in [6.45, 7) is 2.45. The fourth-order valence-corrected chi connectivity index (χ4v) is 5.13. The van der Waals surface area contributed by atoms with Gasteiger partial charge in [0.1, 0.15) is 11.4 Å². The molecule has 1 atom stereocenters. The van der Waals surface area contributed by atoms with E-state index in [1.165, 1.54) is 10.4 Å². The zero-order valence-corrected chi connectivity index (χ0v) is 16.8. The van der Waals surface area contributed by atoms with E-state index < -0.39 is 0 Å². The third-order valence-electron chi connectivity index (χ3n) is 5.16. The summed E-state index contributed by atoms with van der Waals surface area (Å²) in [7, 11) is 0. The molecular formula is C20H17ClN4O2S. The molecule has 0 saturated carbocycles. The number of fused-ring (bicyclic) bond motifs is 3. The van der Waals surface area contributed by atoms with E-state index in [0.29, 0.717) is 22.7 Å². The maximum atomic E-state index is 13.1. The van der Waals surface area contributed by atoms with Crippen molar-refractivity contribution in [3.63, 3.8) is 0 Å². The monoisotopic (exact) mass is 412 g/mol. The smallest absolute Gasteiger partial charge is 0.262 e. The number of aryl methyl sites for hydroxylation is 1. The Bertz CT molecular complexity index is 1230. The Balaban J connectivity index is 1.48. The molecule has 142 valence electrons. The average Bonchev–Trinajstić information content (AvgIpc) is 3.29. The molecule has 0 aliphatic heterocycles. The van der Waals surface area contributed by atoms with Gasteiger partial charge in [-0.05, 0) is 55.0 Å². The highest BCUT2D eigenvalue weighted by atomic mass is 35.5. The zero-order valence-electron chi connectivity index (χ0n) is 15.2. The van der Waals surface area contributed by atoms with Crippen LogP contribution in [-0.4, -0.2) is 19.7 Å². The first-order valence-electron chi connectivity index (χ1n) is 9.16. The summed E-state index contributed by atoms with van der Waals surface area (Å²) in [6.07, 6.45) is 4.66. The van der Waals surface area contributed by atoms with Crippen molar-refractivity contribution in [3.8, 4) is 11.4 Å². The van der Waals surface area contributed by atoms with E-state index in [4.69, 9.17) is 16.1 Å². The first-order chi connectivity index (χ1) is 13.6. The van der Waals surface area contributed by atoms with Crippen LogP contribution in [0, 0.1) is 5.92 Å². The predicted octanol–water partition coefficient (Wildman–Crippen LogP) is 4.33. The van der Waals surface area contributed by atoms with Gasteiger partial charge in [0.15, 0.2) is 0 Å². The van der Waals surface area contributed by atoms with Crippen LogP contribution >= 0.6 is 22.9 Å². The van der Waals surface area contributed by atoms with Gasteiger partial charge in [0.05, 0.1) is 11.7 Å². The molecule has 0 fully saturated rings. The van der Waals surface area contributed by atoms with Gasteiger partial charge in [0.25, 0.3) is 5.56 Å². The minimum absolute atomic E-state index is 0.0386. The molecule has 3 heterocycles. The van der Waals surface area contributed by atoms with Gasteiger partial charge in [0, 0.05) is 15.5 Å². The Morgan fingerprint density at radius 2 is 2.14 bits per heavy atom. The largest absolute Gasteiger partial charge is 0.337 e. The second-order valence-corrected chi connectivity index (χ2v) is 8.75. The third kappa shape index (κ3) is 3.04. The molecule has 0 spiro atoms. The first kappa shape index (κ1) is 17.6. The number of aromatic nitrogens is 4. The first-order valence-corrected chi connectivity index (χ1v) is 10.4. The number of halogens is 1. The molecule has 1 aromatic carbocycles. The fraction of sp³-hybridized carbons (Fsp3) is 0.300. The fourth-order valence-electron chi connectivity index (χ4n) is 3.66. The number of benzene rings is 1. The van der Waals surface area contributed by atoms with Crippen LogP contribution in [0.15, 0.2) is 39.9 Å². The molecule has 1 aliphatic rings. The average molecular weight is 413 g/mol. The normalized spacial score (nSPS) is 16.4. The van der Waals surface area contributed by atoms with Gasteiger partial charge in [-0.15, -0.1) is 11.3 Å². The molecule has 6 nitrogen and oxygen atoms in total. The molecule has 0 saturated heterocycles. The second kappa shape index (κ2) is 6.83. The van der Waals surface area contributed by atoms with Crippen molar-refractivity contribution in [1.82, 2.24) is 19.7 Å². The zero-order chi connectivity index (χ0) is 19.3. The molecule has 0 amide bonds. The molecule has 0 bridgehead atoms. The van der Waals surface area contributed by atoms with Crippen molar-refractivity contribution in [3.05, 3.63) is 62.3 Å². The van der Waals surface area contributed by atoms with Gasteiger partial charge in [0.2, 0.25) is 11.7 Å². The molecule has 1 aliphatic carbocycles. The van der Waals surface area contributed by atoms with E-state index in [-0.39, 0.29) is 12.1 Å². The minimum atomic E-state index is -0.0386. The van der Waals surface area contributed by atoms with Crippen LogP contribution in [0.3, 0.4) is 0 Å². The van der Waals surface area contributed by atoms with Crippen LogP contribution < -0.4 is 5.56 Å². The Labute approximate surface area is 169 Å². The summed E-state index contributed by atoms with van der Waals surface area (Å²) in [5.41, 5.74) is 1.95. The lowest BCUT2D eigenvalue weighted by Crippen LogP contribution is -2.22. The van der Waals surface area contributed by atoms with E-state index in [9.17, 15) is 4.79 Å². The van der Waals surface area contributed by atoms with Crippen LogP contribution in [0.5, 0.6) is 0 Å². The Hall–Kier alpha value is -2.51. The van der Waals surface area contributed by atoms with E-state index >= 15 is 0 Å². The van der Waals surface area contributed by atoms with Gasteiger partial charge in [-0.25, -0.2) is 4.98 Å². The van der Waals surface area contributed by atoms with Crippen molar-refractivity contribution in [1.29, 1.82) is 0 Å². The van der Waals surface area contributed by atoms with Gasteiger partial charge in [-0.2, -0.15) is 4.98 Å². The Kier molecular flexibility index (Phi) is 4.29. The van der Waals surface area contributed by atoms with Crippen molar-refractivity contribution < 1.29 is 4.52 Å². The minimum Gasteiger partial charge on any atom is -0.337 e. The lowest BCUT2D eigenvalue weighted by molar-refractivity contribution is 0.369. The van der Waals surface area contributed by atoms with Crippen molar-refractivity contribution in [2.75, 3.05) is 0 Å². The quantitative estimate of drug-likeness (QED) is 0.500. The van der Waals surface area contributed by atoms with E-state index in [0.717, 1.165) is 35.0 Å². The van der Waals surface area contributed by atoms with Crippen LogP contribution in [0.1, 0.15) is 29.7 Å². The summed E-state index contributed by atoms with van der Waals surface area (Å²) in [4.78, 5) is 24.1. The second-order valence-electron chi connectivity index (χ2n) is 7.23. The van der Waals surface area contributed by atoms with E-state index in [1.807, 2.05) is 12.1 Å². The summed E-state index contributed by atoms with van der Waals surface area (Å²) in [5, 5.41) is 5.41. The third-order valence-corrected chi connectivity index (χ3v) is 6.57. The maximum absolute atomic E-state index is 13.1. The van der Waals surface area contributed by atoms with Gasteiger partial charge in [-0.1, -0.05) is 23.7 Å². The lowest BCUT2D eigenvalue weighted by Gasteiger charge is -2.17. The summed E-state index contributed by atoms with van der Waals surface area (Å²) < 4.78 is 6.90. The summed E-state index contributed by atoms with van der Waals surface area (Å²) in [5.74, 6) is 1.49. The standard InChI is InChI=1S/C20H17ClN4O2S/c1-11-2-7-14-15(8-11)28-19-17(14)20(26)25(10-22-19)9-16-23-18(24-27-16)12-3-5-13(21)6-4-12/h3-6,10-11H,2,7-9H2,1H3/t11-/m1/s1. The van der Waals surface area contributed by atoms with E-state index in [2.05, 4.69) is 22.0 Å². The summed E-state index contributed by atoms with van der Waals surface area (Å²) >= 11 is 7.57. The number of nitrogens with zero attached hydrogens (tertiary/aromatic N) is 4. The van der Waals surface area contributed by atoms with Gasteiger partial charge >= 0.3 is 0 Å². The molecule has 3 aromatic heterocycles. The van der Waals surface area contributed by atoms with E-state index in [1.54, 1.807) is 34.4 Å². The Morgan fingerprint density at radius 1 is 1.32 bits per heavy atom. The van der Waals surface area contributed by atoms with Crippen LogP contribution in [-0.2, 0) is 19.4 Å². The van der Waals surface area contributed by atoms with Crippen LogP contribution in [0.25, 0.3) is 21.6 Å². The predicted molar refractivity (Wildman–Crippen MR) is 109 cm³/mol. The molecular weight excluding hydrogens is 396 g/mol. The highest BCUT2D eigenvalue weighted by Gasteiger charge is 2.23. The van der Waals surface area contributed by atoms with Crippen molar-refractivity contribution in [2.24, 2.45) is 5.92 Å². The topological polar surface area (TPSA) is 73.8 Å². The number of hydrogen-bond donors (Lipinski definition) is 0. The van der Waals surface area contributed by atoms with Crippen LogP contribution in [0.2, 0.25) is 5.02 Å². The molecule has 4 aromatic rings. The van der Waals surface area contributed by atoms with Gasteiger partial charge < -0.3 is 4.52 Å². The van der Waals surface area contributed by atoms with Crippen LogP contribution in [0.4, 0.5) is 0 Å². The lowest BCUT2D eigenvalue weighted by atomic mass is 9.89. The number of rotatable bonds is 3. The molecule has 0 N–H and O–H groups in total. The molecule has 0 unspecified atom stereocenters. The highest BCUT2D eigenvalue weighted by Crippen LogP contribution is 2.35. The molecule has 8 heteroatoms. The Morgan fingerprint density at radius 3 is 2.96 bits per heavy atom. The van der Waals surface area contributed by atoms with Gasteiger partial charge in [-0.3, -0.25) is 9.36 Å².